The molecule has 2 N–H and O–H groups in total. The van der Waals surface area contributed by atoms with Crippen molar-refractivity contribution in [1.29, 1.82) is 0 Å². The van der Waals surface area contributed by atoms with Gasteiger partial charge in [0.2, 0.25) is 0 Å². The lowest BCUT2D eigenvalue weighted by molar-refractivity contribution is -0.0578. The Morgan fingerprint density at radius 2 is 1.95 bits per heavy atom. The number of aliphatic imine (C=N–C) groups is 1. The molecule has 0 amide bonds. The molecule has 1 aromatic carbocycles. The van der Waals surface area contributed by atoms with E-state index in [2.05, 4.69) is 15.3 Å². The van der Waals surface area contributed by atoms with Crippen molar-refractivity contribution in [3.05, 3.63) is 47.8 Å². The van der Waals surface area contributed by atoms with Crippen molar-refractivity contribution in [2.24, 2.45) is 10.7 Å². The van der Waals surface area contributed by atoms with E-state index >= 15 is 0 Å². The fraction of sp³-hybridized carbons (Fsp3) is 0.154. The van der Waals surface area contributed by atoms with E-state index in [1.165, 1.54) is 16.8 Å². The highest BCUT2D eigenvalue weighted by Gasteiger charge is 2.36. The molecule has 0 spiro atoms. The molecule has 0 aliphatic carbocycles. The molecular weight excluding hydrogens is 294 g/mol. The Balaban J connectivity index is 2.35. The van der Waals surface area contributed by atoms with Gasteiger partial charge in [0.15, 0.2) is 0 Å². The standard InChI is InChI=1S/C13H11BF3N5/c1-8-7-22(21-20-8)10-4-2-9(3-5-10)19-12(11(14)6-18)13(15,16)17/h2-7H,18H2,1H3. The summed E-state index contributed by atoms with van der Waals surface area (Å²) >= 11 is 0. The Morgan fingerprint density at radius 1 is 1.32 bits per heavy atom. The Morgan fingerprint density at radius 3 is 2.41 bits per heavy atom. The second kappa shape index (κ2) is 6.04. The van der Waals surface area contributed by atoms with Gasteiger partial charge in [0.25, 0.3) is 0 Å². The minimum atomic E-state index is -4.69. The number of rotatable bonds is 3. The van der Waals surface area contributed by atoms with E-state index in [4.69, 9.17) is 13.6 Å². The van der Waals surface area contributed by atoms with Crippen LogP contribution >= 0.6 is 0 Å². The first-order valence-corrected chi connectivity index (χ1v) is 6.14. The third-order valence-electron chi connectivity index (χ3n) is 2.68. The monoisotopic (exact) mass is 305 g/mol. The van der Waals surface area contributed by atoms with Crippen molar-refractivity contribution in [2.45, 2.75) is 13.1 Å². The molecule has 0 aliphatic heterocycles. The number of alkyl halides is 3. The first kappa shape index (κ1) is 15.8. The van der Waals surface area contributed by atoms with Gasteiger partial charge in [-0.15, -0.1) is 5.10 Å². The number of aryl methyl sites for hydroxylation is 1. The molecule has 2 rings (SSSR count). The number of benzene rings is 1. The predicted molar refractivity (Wildman–Crippen MR) is 77.3 cm³/mol. The van der Waals surface area contributed by atoms with Crippen molar-refractivity contribution in [3.63, 3.8) is 0 Å². The normalized spacial score (nSPS) is 13.5. The average Bonchev–Trinajstić information content (AvgIpc) is 2.90. The Labute approximate surface area is 125 Å². The van der Waals surface area contributed by atoms with E-state index in [-0.39, 0.29) is 5.69 Å². The summed E-state index contributed by atoms with van der Waals surface area (Å²) in [7, 11) is 5.24. The summed E-state index contributed by atoms with van der Waals surface area (Å²) in [5.41, 5.74) is 4.63. The minimum absolute atomic E-state index is 0.0951. The zero-order valence-electron chi connectivity index (χ0n) is 11.5. The summed E-state index contributed by atoms with van der Waals surface area (Å²) in [6, 6.07) is 5.98. The molecule has 0 saturated heterocycles. The molecule has 9 heteroatoms. The number of aromatic nitrogens is 3. The molecule has 0 saturated carbocycles. The SMILES string of the molecule is [B]C(=CN)C(=Nc1ccc(-n2cc(C)nn2)cc1)C(F)(F)F. The smallest absolute Gasteiger partial charge is 0.405 e. The fourth-order valence-electron chi connectivity index (χ4n) is 1.65. The van der Waals surface area contributed by atoms with Crippen LogP contribution in [0.1, 0.15) is 5.69 Å². The lowest BCUT2D eigenvalue weighted by Crippen LogP contribution is -2.25. The van der Waals surface area contributed by atoms with Gasteiger partial charge >= 0.3 is 6.18 Å². The molecule has 1 heterocycles. The van der Waals surface area contributed by atoms with Crippen LogP contribution in [0, 0.1) is 6.92 Å². The molecule has 0 aliphatic rings. The lowest BCUT2D eigenvalue weighted by Gasteiger charge is -2.11. The quantitative estimate of drug-likeness (QED) is 0.698. The fourth-order valence-corrected chi connectivity index (χ4v) is 1.65. The number of hydrogen-bond acceptors (Lipinski definition) is 4. The van der Waals surface area contributed by atoms with E-state index < -0.39 is 17.4 Å². The van der Waals surface area contributed by atoms with Crippen LogP contribution in [0.25, 0.3) is 5.69 Å². The summed E-state index contributed by atoms with van der Waals surface area (Å²) in [4.78, 5) is 3.51. The van der Waals surface area contributed by atoms with Crippen LogP contribution in [0.15, 0.2) is 47.1 Å². The average molecular weight is 305 g/mol. The predicted octanol–water partition coefficient (Wildman–Crippen LogP) is 2.18. The molecular formula is C13H11BF3N5. The van der Waals surface area contributed by atoms with E-state index in [0.717, 1.165) is 5.69 Å². The molecule has 2 radical (unpaired) electrons. The second-order valence-electron chi connectivity index (χ2n) is 4.40. The highest BCUT2D eigenvalue weighted by atomic mass is 19.4. The van der Waals surface area contributed by atoms with Crippen LogP contribution in [0.4, 0.5) is 18.9 Å². The second-order valence-corrected chi connectivity index (χ2v) is 4.40. The molecule has 5 nitrogen and oxygen atoms in total. The Kier molecular flexibility index (Phi) is 4.34. The van der Waals surface area contributed by atoms with E-state index in [9.17, 15) is 13.2 Å². The van der Waals surface area contributed by atoms with Gasteiger partial charge in [0, 0.05) is 0 Å². The van der Waals surface area contributed by atoms with Gasteiger partial charge in [-0.25, -0.2) is 9.67 Å². The highest BCUT2D eigenvalue weighted by molar-refractivity contribution is 6.39. The van der Waals surface area contributed by atoms with E-state index in [1.54, 1.807) is 25.3 Å². The van der Waals surface area contributed by atoms with Crippen molar-refractivity contribution in [1.82, 2.24) is 15.0 Å². The van der Waals surface area contributed by atoms with Gasteiger partial charge < -0.3 is 5.73 Å². The molecule has 22 heavy (non-hydrogen) atoms. The number of hydrogen-bond donors (Lipinski definition) is 1. The maximum atomic E-state index is 12.9. The van der Waals surface area contributed by atoms with Crippen LogP contribution < -0.4 is 5.73 Å². The van der Waals surface area contributed by atoms with Gasteiger partial charge in [-0.05, 0) is 37.4 Å². The lowest BCUT2D eigenvalue weighted by atomic mass is 9.91. The zero-order valence-corrected chi connectivity index (χ0v) is 11.5. The third-order valence-corrected chi connectivity index (χ3v) is 2.68. The van der Waals surface area contributed by atoms with E-state index in [0.29, 0.717) is 11.9 Å². The summed E-state index contributed by atoms with van der Waals surface area (Å²) in [6.07, 6.45) is -2.34. The Hall–Kier alpha value is -2.58. The molecule has 0 fully saturated rings. The van der Waals surface area contributed by atoms with Crippen LogP contribution in [0.2, 0.25) is 0 Å². The molecule has 1 aromatic heterocycles. The van der Waals surface area contributed by atoms with Crippen LogP contribution in [-0.2, 0) is 0 Å². The maximum Gasteiger partial charge on any atom is 0.432 e. The van der Waals surface area contributed by atoms with Crippen LogP contribution in [-0.4, -0.2) is 34.7 Å². The minimum Gasteiger partial charge on any atom is -0.405 e. The Bertz CT molecular complexity index is 716. The molecule has 0 bridgehead atoms. The van der Waals surface area contributed by atoms with Gasteiger partial charge in [0.1, 0.15) is 13.6 Å². The highest BCUT2D eigenvalue weighted by Crippen LogP contribution is 2.25. The largest absolute Gasteiger partial charge is 0.432 e. The summed E-state index contributed by atoms with van der Waals surface area (Å²) in [5.74, 6) is 0. The molecule has 112 valence electrons. The van der Waals surface area contributed by atoms with Gasteiger partial charge in [-0.1, -0.05) is 10.7 Å². The summed E-state index contributed by atoms with van der Waals surface area (Å²) in [6.45, 7) is 1.78. The summed E-state index contributed by atoms with van der Waals surface area (Å²) < 4.78 is 40.1. The van der Waals surface area contributed by atoms with Crippen molar-refractivity contribution < 1.29 is 13.2 Å². The first-order valence-electron chi connectivity index (χ1n) is 6.14. The number of nitrogens with two attached hydrogens (primary N) is 1. The first-order chi connectivity index (χ1) is 10.3. The van der Waals surface area contributed by atoms with Crippen LogP contribution in [0.3, 0.4) is 0 Å². The van der Waals surface area contributed by atoms with Crippen molar-refractivity contribution in [2.75, 3.05) is 0 Å². The van der Waals surface area contributed by atoms with Crippen molar-refractivity contribution >= 4 is 19.2 Å². The third kappa shape index (κ3) is 3.54. The van der Waals surface area contributed by atoms with Crippen LogP contribution in [0.5, 0.6) is 0 Å². The molecule has 2 aromatic rings. The number of nitrogens with zero attached hydrogens (tertiary/aromatic N) is 4. The molecule has 0 atom stereocenters. The van der Waals surface area contributed by atoms with Gasteiger partial charge in [-0.2, -0.15) is 13.2 Å². The number of allylic oxidation sites excluding steroid dienone is 1. The number of halogens is 3. The summed E-state index contributed by atoms with van der Waals surface area (Å²) in [5, 5.41) is 7.69. The topological polar surface area (TPSA) is 69.1 Å². The van der Waals surface area contributed by atoms with Crippen molar-refractivity contribution in [3.8, 4) is 5.69 Å². The van der Waals surface area contributed by atoms with Gasteiger partial charge in [-0.3, -0.25) is 0 Å². The maximum absolute atomic E-state index is 12.9. The van der Waals surface area contributed by atoms with E-state index in [1.807, 2.05) is 0 Å². The van der Waals surface area contributed by atoms with Gasteiger partial charge in [0.05, 0.1) is 23.3 Å². The molecule has 0 unspecified atom stereocenters. The zero-order chi connectivity index (χ0) is 16.3.